The van der Waals surface area contributed by atoms with E-state index in [1.54, 1.807) is 7.11 Å². The molecule has 0 aliphatic carbocycles. The van der Waals surface area contributed by atoms with Gasteiger partial charge in [0, 0.05) is 38.6 Å². The molecule has 2 aliphatic heterocycles. The molecule has 26 heavy (non-hydrogen) atoms. The van der Waals surface area contributed by atoms with Crippen LogP contribution in [-0.4, -0.2) is 64.3 Å². The number of methoxy groups -OCH3 is 1. The lowest BCUT2D eigenvalue weighted by Crippen LogP contribution is -2.34. The van der Waals surface area contributed by atoms with E-state index in [4.69, 9.17) is 4.74 Å². The Morgan fingerprint density at radius 2 is 1.92 bits per heavy atom. The Hall–Kier alpha value is -2.61. The first kappa shape index (κ1) is 16.8. The summed E-state index contributed by atoms with van der Waals surface area (Å²) < 4.78 is 6.40. The number of hydrogen-bond donors (Lipinski definition) is 1. The first-order valence-electron chi connectivity index (χ1n) is 8.74. The van der Waals surface area contributed by atoms with Gasteiger partial charge >= 0.3 is 5.69 Å². The minimum Gasteiger partial charge on any atom is -0.497 e. The van der Waals surface area contributed by atoms with Crippen LogP contribution in [0.3, 0.4) is 0 Å². The standard InChI is InChI=1S/C18H23N5O3/c1-21-8-12-9-23(17(24)16-19-18(25)22(2)20-16)10-14(12)15(21)11-4-6-13(26-3)7-5-11/h4-7,12,14-15H,8-10H2,1-3H3,(H,19,20,25)/t12-,14+,15-/m0/s1. The number of aromatic amines is 1. The number of aryl methyl sites for hydroxylation is 1. The van der Waals surface area contributed by atoms with E-state index in [-0.39, 0.29) is 23.5 Å². The Bertz CT molecular complexity index is 872. The number of aromatic nitrogens is 3. The molecular weight excluding hydrogens is 334 g/mol. The van der Waals surface area contributed by atoms with Crippen molar-refractivity contribution >= 4 is 5.91 Å². The summed E-state index contributed by atoms with van der Waals surface area (Å²) in [4.78, 5) is 31.0. The molecule has 0 unspecified atom stereocenters. The normalized spacial score (nSPS) is 25.5. The predicted octanol–water partition coefficient (Wildman–Crippen LogP) is 0.492. The molecule has 2 aliphatic rings. The fourth-order valence-corrected chi connectivity index (χ4v) is 4.37. The lowest BCUT2D eigenvalue weighted by Gasteiger charge is -2.26. The molecule has 4 rings (SSSR count). The third kappa shape index (κ3) is 2.70. The van der Waals surface area contributed by atoms with Crippen LogP contribution in [0.1, 0.15) is 22.2 Å². The number of carbonyl (C=O) groups is 1. The highest BCUT2D eigenvalue weighted by Gasteiger charge is 2.47. The van der Waals surface area contributed by atoms with Gasteiger partial charge < -0.3 is 9.64 Å². The quantitative estimate of drug-likeness (QED) is 0.864. The molecule has 1 amide bonds. The molecule has 8 heteroatoms. The van der Waals surface area contributed by atoms with Crippen LogP contribution in [0.5, 0.6) is 5.75 Å². The third-order valence-electron chi connectivity index (χ3n) is 5.61. The van der Waals surface area contributed by atoms with Crippen LogP contribution in [0, 0.1) is 11.8 Å². The number of ether oxygens (including phenoxy) is 1. The third-order valence-corrected chi connectivity index (χ3v) is 5.61. The largest absolute Gasteiger partial charge is 0.497 e. The summed E-state index contributed by atoms with van der Waals surface area (Å²) in [5, 5.41) is 3.99. The van der Waals surface area contributed by atoms with Crippen LogP contribution >= 0.6 is 0 Å². The van der Waals surface area contributed by atoms with Crippen LogP contribution in [-0.2, 0) is 7.05 Å². The molecule has 1 aromatic carbocycles. The zero-order chi connectivity index (χ0) is 18.4. The molecule has 3 heterocycles. The molecular formula is C18H23N5O3. The number of nitrogens with one attached hydrogen (secondary N) is 1. The highest BCUT2D eigenvalue weighted by atomic mass is 16.5. The molecule has 0 radical (unpaired) electrons. The number of nitrogens with zero attached hydrogens (tertiary/aromatic N) is 4. The molecule has 2 fully saturated rings. The number of likely N-dealkylation sites (tertiary alicyclic amines) is 2. The summed E-state index contributed by atoms with van der Waals surface area (Å²) >= 11 is 0. The Kier molecular flexibility index (Phi) is 4.07. The number of rotatable bonds is 3. The van der Waals surface area contributed by atoms with Gasteiger partial charge in [-0.3, -0.25) is 14.7 Å². The van der Waals surface area contributed by atoms with Crippen molar-refractivity contribution in [1.29, 1.82) is 0 Å². The molecule has 0 bridgehead atoms. The summed E-state index contributed by atoms with van der Waals surface area (Å²) in [6.45, 7) is 2.31. The summed E-state index contributed by atoms with van der Waals surface area (Å²) in [6, 6.07) is 8.43. The topological polar surface area (TPSA) is 83.5 Å². The summed E-state index contributed by atoms with van der Waals surface area (Å²) in [5.74, 6) is 1.55. The monoisotopic (exact) mass is 357 g/mol. The average Bonchev–Trinajstić information content (AvgIpc) is 3.27. The molecule has 138 valence electrons. The number of amides is 1. The summed E-state index contributed by atoms with van der Waals surface area (Å²) in [6.07, 6.45) is 0. The highest BCUT2D eigenvalue weighted by Crippen LogP contribution is 2.44. The van der Waals surface area contributed by atoms with Crippen LogP contribution in [0.15, 0.2) is 29.1 Å². The second-order valence-corrected chi connectivity index (χ2v) is 7.19. The van der Waals surface area contributed by atoms with Gasteiger partial charge in [-0.15, -0.1) is 5.10 Å². The van der Waals surface area contributed by atoms with Gasteiger partial charge in [-0.2, -0.15) is 0 Å². The number of carbonyl (C=O) groups excluding carboxylic acids is 1. The second kappa shape index (κ2) is 6.28. The lowest BCUT2D eigenvalue weighted by atomic mass is 9.89. The van der Waals surface area contributed by atoms with E-state index in [0.717, 1.165) is 17.0 Å². The Labute approximate surface area is 151 Å². The Morgan fingerprint density at radius 3 is 2.54 bits per heavy atom. The molecule has 2 aromatic rings. The number of benzene rings is 1. The van der Waals surface area contributed by atoms with Crippen molar-refractivity contribution in [3.05, 3.63) is 46.1 Å². The van der Waals surface area contributed by atoms with E-state index in [9.17, 15) is 9.59 Å². The van der Waals surface area contributed by atoms with Crippen molar-refractivity contribution in [2.24, 2.45) is 18.9 Å². The predicted molar refractivity (Wildman–Crippen MR) is 95.1 cm³/mol. The van der Waals surface area contributed by atoms with Gasteiger partial charge in [-0.25, -0.2) is 9.48 Å². The molecule has 3 atom stereocenters. The van der Waals surface area contributed by atoms with Crippen LogP contribution < -0.4 is 10.4 Å². The zero-order valence-electron chi connectivity index (χ0n) is 15.2. The van der Waals surface area contributed by atoms with E-state index in [0.29, 0.717) is 24.9 Å². The van der Waals surface area contributed by atoms with Gasteiger partial charge in [-0.05, 0) is 30.7 Å². The smallest absolute Gasteiger partial charge is 0.343 e. The van der Waals surface area contributed by atoms with E-state index >= 15 is 0 Å². The van der Waals surface area contributed by atoms with E-state index in [1.807, 2.05) is 17.0 Å². The molecule has 2 saturated heterocycles. The average molecular weight is 357 g/mol. The molecule has 1 aromatic heterocycles. The van der Waals surface area contributed by atoms with Crippen LogP contribution in [0.2, 0.25) is 0 Å². The van der Waals surface area contributed by atoms with Gasteiger partial charge in [0.1, 0.15) is 5.75 Å². The fourth-order valence-electron chi connectivity index (χ4n) is 4.37. The first-order chi connectivity index (χ1) is 12.5. The Morgan fingerprint density at radius 1 is 1.19 bits per heavy atom. The van der Waals surface area contributed by atoms with Gasteiger partial charge in [0.25, 0.3) is 5.91 Å². The fraction of sp³-hybridized carbons (Fsp3) is 0.500. The van der Waals surface area contributed by atoms with Gasteiger partial charge in [0.2, 0.25) is 5.82 Å². The van der Waals surface area contributed by atoms with E-state index in [1.165, 1.54) is 12.6 Å². The van der Waals surface area contributed by atoms with E-state index < -0.39 is 0 Å². The number of H-pyrrole nitrogens is 1. The van der Waals surface area contributed by atoms with Crippen molar-refractivity contribution < 1.29 is 9.53 Å². The summed E-state index contributed by atoms with van der Waals surface area (Å²) in [5.41, 5.74) is 0.866. The first-order valence-corrected chi connectivity index (χ1v) is 8.74. The highest BCUT2D eigenvalue weighted by molar-refractivity contribution is 5.90. The van der Waals surface area contributed by atoms with Gasteiger partial charge in [-0.1, -0.05) is 12.1 Å². The Balaban J connectivity index is 1.54. The van der Waals surface area contributed by atoms with Crippen molar-refractivity contribution in [1.82, 2.24) is 24.6 Å². The second-order valence-electron chi connectivity index (χ2n) is 7.19. The zero-order valence-corrected chi connectivity index (χ0v) is 15.2. The molecule has 0 saturated carbocycles. The van der Waals surface area contributed by atoms with Crippen LogP contribution in [0.25, 0.3) is 0 Å². The SMILES string of the molecule is COc1ccc([C@H]2[C@@H]3CN(C(=O)c4nn(C)c(=O)[nH]4)C[C@@H]3CN2C)cc1. The van der Waals surface area contributed by atoms with Crippen molar-refractivity contribution in [3.8, 4) is 5.75 Å². The minimum absolute atomic E-state index is 0.117. The molecule has 0 spiro atoms. The van der Waals surface area contributed by atoms with Gasteiger partial charge in [0.15, 0.2) is 0 Å². The van der Waals surface area contributed by atoms with Crippen molar-refractivity contribution in [2.75, 3.05) is 33.8 Å². The maximum atomic E-state index is 12.7. The maximum Gasteiger partial charge on any atom is 0.343 e. The molecule has 1 N–H and O–H groups in total. The molecule has 8 nitrogen and oxygen atoms in total. The van der Waals surface area contributed by atoms with Crippen LogP contribution in [0.4, 0.5) is 0 Å². The lowest BCUT2D eigenvalue weighted by molar-refractivity contribution is 0.0755. The minimum atomic E-state index is -0.372. The maximum absolute atomic E-state index is 12.7. The van der Waals surface area contributed by atoms with Crippen molar-refractivity contribution in [2.45, 2.75) is 6.04 Å². The summed E-state index contributed by atoms with van der Waals surface area (Å²) in [7, 11) is 5.33. The van der Waals surface area contributed by atoms with Gasteiger partial charge in [0.05, 0.1) is 7.11 Å². The number of hydrogen-bond acceptors (Lipinski definition) is 5. The number of fused-ring (bicyclic) bond motifs is 1. The van der Waals surface area contributed by atoms with Crippen molar-refractivity contribution in [3.63, 3.8) is 0 Å². The van der Waals surface area contributed by atoms with E-state index in [2.05, 4.69) is 34.2 Å².